The number of nitrogens with zero attached hydrogens (tertiary/aromatic N) is 2. The van der Waals surface area contributed by atoms with E-state index in [1.54, 1.807) is 18.2 Å². The highest BCUT2D eigenvalue weighted by atomic mass is 32.2. The first-order valence-corrected chi connectivity index (χ1v) is 8.15. The van der Waals surface area contributed by atoms with Crippen molar-refractivity contribution in [2.45, 2.75) is 18.2 Å². The number of rotatable bonds is 3. The van der Waals surface area contributed by atoms with E-state index in [2.05, 4.69) is 4.90 Å². The molecule has 1 fully saturated rings. The first-order chi connectivity index (χ1) is 9.41. The number of ketones is 1. The zero-order valence-electron chi connectivity index (χ0n) is 11.9. The minimum Gasteiger partial charge on any atom is -0.305 e. The van der Waals surface area contributed by atoms with Gasteiger partial charge in [-0.1, -0.05) is 12.1 Å². The molecule has 110 valence electrons. The van der Waals surface area contributed by atoms with Gasteiger partial charge in [-0.25, -0.2) is 8.42 Å². The number of carbonyl (C=O) groups is 1. The van der Waals surface area contributed by atoms with Crippen LogP contribution in [-0.2, 0) is 10.0 Å². The SMILES string of the molecule is CC(=O)c1cccc(S(=O)(=O)N2CCCN(C)CC2)c1. The highest BCUT2D eigenvalue weighted by molar-refractivity contribution is 7.89. The van der Waals surface area contributed by atoms with E-state index >= 15 is 0 Å². The third-order valence-corrected chi connectivity index (χ3v) is 5.45. The van der Waals surface area contributed by atoms with E-state index in [-0.39, 0.29) is 10.7 Å². The summed E-state index contributed by atoms with van der Waals surface area (Å²) in [4.78, 5) is 13.7. The molecule has 1 aliphatic rings. The Balaban J connectivity index is 2.29. The number of hydrogen-bond donors (Lipinski definition) is 0. The molecular formula is C14H20N2O3S. The fourth-order valence-electron chi connectivity index (χ4n) is 2.29. The lowest BCUT2D eigenvalue weighted by molar-refractivity contribution is 0.101. The Bertz CT molecular complexity index is 598. The fraction of sp³-hybridized carbons (Fsp3) is 0.500. The second-order valence-electron chi connectivity index (χ2n) is 5.14. The van der Waals surface area contributed by atoms with Crippen molar-refractivity contribution in [3.05, 3.63) is 29.8 Å². The third-order valence-electron chi connectivity index (χ3n) is 3.56. The van der Waals surface area contributed by atoms with E-state index in [0.717, 1.165) is 19.5 Å². The second-order valence-corrected chi connectivity index (χ2v) is 7.08. The molecule has 0 aromatic heterocycles. The van der Waals surface area contributed by atoms with Gasteiger partial charge in [0.2, 0.25) is 10.0 Å². The summed E-state index contributed by atoms with van der Waals surface area (Å²) >= 11 is 0. The van der Waals surface area contributed by atoms with Crippen LogP contribution in [0.25, 0.3) is 0 Å². The molecule has 6 heteroatoms. The number of benzene rings is 1. The Morgan fingerprint density at radius 1 is 1.15 bits per heavy atom. The first kappa shape index (κ1) is 15.2. The lowest BCUT2D eigenvalue weighted by Crippen LogP contribution is -2.34. The van der Waals surface area contributed by atoms with E-state index in [0.29, 0.717) is 18.7 Å². The summed E-state index contributed by atoms with van der Waals surface area (Å²) in [5, 5.41) is 0. The first-order valence-electron chi connectivity index (χ1n) is 6.71. The van der Waals surface area contributed by atoms with Crippen LogP contribution in [0.2, 0.25) is 0 Å². The van der Waals surface area contributed by atoms with Gasteiger partial charge >= 0.3 is 0 Å². The zero-order valence-corrected chi connectivity index (χ0v) is 12.7. The fourth-order valence-corrected chi connectivity index (χ4v) is 3.80. The quantitative estimate of drug-likeness (QED) is 0.787. The van der Waals surface area contributed by atoms with Crippen LogP contribution in [0.3, 0.4) is 0 Å². The molecule has 1 aromatic rings. The van der Waals surface area contributed by atoms with Crippen LogP contribution in [-0.4, -0.2) is 56.6 Å². The molecule has 5 nitrogen and oxygen atoms in total. The topological polar surface area (TPSA) is 57.7 Å². The van der Waals surface area contributed by atoms with Gasteiger partial charge in [0, 0.05) is 25.2 Å². The van der Waals surface area contributed by atoms with Crippen molar-refractivity contribution < 1.29 is 13.2 Å². The van der Waals surface area contributed by atoms with E-state index < -0.39 is 10.0 Å². The van der Waals surface area contributed by atoms with Crippen molar-refractivity contribution in [1.29, 1.82) is 0 Å². The maximum absolute atomic E-state index is 12.6. The summed E-state index contributed by atoms with van der Waals surface area (Å²) in [7, 11) is -1.52. The van der Waals surface area contributed by atoms with Crippen LogP contribution in [0.15, 0.2) is 29.2 Å². The molecule has 0 aliphatic carbocycles. The van der Waals surface area contributed by atoms with Crippen LogP contribution in [0.4, 0.5) is 0 Å². The predicted molar refractivity (Wildman–Crippen MR) is 77.3 cm³/mol. The maximum atomic E-state index is 12.6. The van der Waals surface area contributed by atoms with Crippen molar-refractivity contribution in [3.8, 4) is 0 Å². The van der Waals surface area contributed by atoms with Gasteiger partial charge in [0.05, 0.1) is 4.90 Å². The molecule has 2 rings (SSSR count). The molecule has 0 unspecified atom stereocenters. The summed E-state index contributed by atoms with van der Waals surface area (Å²) in [5.74, 6) is -0.127. The largest absolute Gasteiger partial charge is 0.305 e. The number of hydrogen-bond acceptors (Lipinski definition) is 4. The molecule has 0 bridgehead atoms. The summed E-state index contributed by atoms with van der Waals surface area (Å²) in [6, 6.07) is 6.27. The van der Waals surface area contributed by atoms with Gasteiger partial charge in [-0.15, -0.1) is 0 Å². The Labute approximate surface area is 120 Å². The highest BCUT2D eigenvalue weighted by Gasteiger charge is 2.26. The minimum atomic E-state index is -3.51. The average Bonchev–Trinajstić information content (AvgIpc) is 2.64. The Morgan fingerprint density at radius 2 is 1.90 bits per heavy atom. The number of likely N-dealkylation sites (N-methyl/N-ethyl adjacent to an activating group) is 1. The smallest absolute Gasteiger partial charge is 0.243 e. The molecule has 0 atom stereocenters. The molecule has 0 amide bonds. The number of sulfonamides is 1. The van der Waals surface area contributed by atoms with Crippen LogP contribution in [0.1, 0.15) is 23.7 Å². The normalized spacial score (nSPS) is 18.7. The summed E-state index contributed by atoms with van der Waals surface area (Å²) in [6.45, 7) is 4.08. The Morgan fingerprint density at radius 3 is 2.60 bits per heavy atom. The molecule has 1 aromatic carbocycles. The van der Waals surface area contributed by atoms with Crippen molar-refractivity contribution in [3.63, 3.8) is 0 Å². The van der Waals surface area contributed by atoms with E-state index in [4.69, 9.17) is 0 Å². The molecule has 1 aliphatic heterocycles. The van der Waals surface area contributed by atoms with Gasteiger partial charge in [-0.2, -0.15) is 4.31 Å². The van der Waals surface area contributed by atoms with Gasteiger partial charge in [0.25, 0.3) is 0 Å². The maximum Gasteiger partial charge on any atom is 0.243 e. The summed E-state index contributed by atoms with van der Waals surface area (Å²) in [6.07, 6.45) is 0.822. The van der Waals surface area contributed by atoms with Crippen molar-refractivity contribution in [2.75, 3.05) is 33.2 Å². The Kier molecular flexibility index (Phi) is 4.57. The van der Waals surface area contributed by atoms with Gasteiger partial charge in [0.15, 0.2) is 5.78 Å². The van der Waals surface area contributed by atoms with Crippen molar-refractivity contribution in [2.24, 2.45) is 0 Å². The standard InChI is InChI=1S/C14H20N2O3S/c1-12(17)13-5-3-6-14(11-13)20(18,19)16-8-4-7-15(2)9-10-16/h3,5-6,11H,4,7-10H2,1-2H3. The van der Waals surface area contributed by atoms with Gasteiger partial charge < -0.3 is 4.90 Å². The van der Waals surface area contributed by atoms with E-state index in [1.807, 2.05) is 7.05 Å². The zero-order chi connectivity index (χ0) is 14.8. The van der Waals surface area contributed by atoms with Gasteiger partial charge in [-0.05, 0) is 39.1 Å². The summed E-state index contributed by atoms with van der Waals surface area (Å²) < 4.78 is 26.7. The molecule has 1 heterocycles. The second kappa shape index (κ2) is 6.03. The van der Waals surface area contributed by atoms with Crippen LogP contribution < -0.4 is 0 Å². The monoisotopic (exact) mass is 296 g/mol. The number of Topliss-reactive ketones (excluding diaryl/α,β-unsaturated/α-hetero) is 1. The molecule has 0 spiro atoms. The lowest BCUT2D eigenvalue weighted by atomic mass is 10.2. The minimum absolute atomic E-state index is 0.127. The van der Waals surface area contributed by atoms with Crippen molar-refractivity contribution in [1.82, 2.24) is 9.21 Å². The van der Waals surface area contributed by atoms with Gasteiger partial charge in [0.1, 0.15) is 0 Å². The number of carbonyl (C=O) groups excluding carboxylic acids is 1. The van der Waals surface area contributed by atoms with E-state index in [9.17, 15) is 13.2 Å². The molecular weight excluding hydrogens is 276 g/mol. The van der Waals surface area contributed by atoms with Gasteiger partial charge in [-0.3, -0.25) is 4.79 Å². The Hall–Kier alpha value is -1.24. The van der Waals surface area contributed by atoms with Crippen LogP contribution in [0.5, 0.6) is 0 Å². The van der Waals surface area contributed by atoms with Crippen LogP contribution in [0, 0.1) is 0 Å². The lowest BCUT2D eigenvalue weighted by Gasteiger charge is -2.20. The molecule has 0 saturated carbocycles. The highest BCUT2D eigenvalue weighted by Crippen LogP contribution is 2.19. The third kappa shape index (κ3) is 3.26. The summed E-state index contributed by atoms with van der Waals surface area (Å²) in [5.41, 5.74) is 0.429. The van der Waals surface area contributed by atoms with Crippen LogP contribution >= 0.6 is 0 Å². The average molecular weight is 296 g/mol. The molecule has 1 saturated heterocycles. The molecule has 0 N–H and O–H groups in total. The molecule has 20 heavy (non-hydrogen) atoms. The van der Waals surface area contributed by atoms with E-state index in [1.165, 1.54) is 17.3 Å². The van der Waals surface area contributed by atoms with Crippen molar-refractivity contribution >= 4 is 15.8 Å². The molecule has 0 radical (unpaired) electrons. The predicted octanol–water partition coefficient (Wildman–Crippen LogP) is 1.22.